The van der Waals surface area contributed by atoms with Crippen LogP contribution in [0.15, 0.2) is 24.3 Å². The summed E-state index contributed by atoms with van der Waals surface area (Å²) in [5.74, 6) is 0.849. The molecule has 0 spiro atoms. The van der Waals surface area contributed by atoms with Crippen LogP contribution < -0.4 is 4.90 Å². The van der Waals surface area contributed by atoms with E-state index in [2.05, 4.69) is 15.1 Å². The van der Waals surface area contributed by atoms with Gasteiger partial charge in [0.2, 0.25) is 0 Å². The Balaban J connectivity index is 1.76. The first-order chi connectivity index (χ1) is 11.3. The predicted molar refractivity (Wildman–Crippen MR) is 87.7 cm³/mol. The van der Waals surface area contributed by atoms with E-state index in [0.29, 0.717) is 32.0 Å². The van der Waals surface area contributed by atoms with Crippen LogP contribution in [0, 0.1) is 0 Å². The molecule has 6 nitrogen and oxygen atoms in total. The fraction of sp³-hybridized carbons (Fsp3) is 0.471. The van der Waals surface area contributed by atoms with Crippen LogP contribution in [0.4, 0.5) is 5.82 Å². The number of hydrogen-bond acceptors (Lipinski definition) is 5. The highest BCUT2D eigenvalue weighted by Gasteiger charge is 2.24. The minimum absolute atomic E-state index is 0.0510. The van der Waals surface area contributed by atoms with Crippen LogP contribution in [0.2, 0.25) is 0 Å². The average molecular weight is 312 g/mol. The molecule has 3 heterocycles. The predicted octanol–water partition coefficient (Wildman–Crippen LogP) is 1.70. The number of benzene rings is 1. The molecule has 0 bridgehead atoms. The Morgan fingerprint density at radius 1 is 0.957 bits per heavy atom. The van der Waals surface area contributed by atoms with Crippen molar-refractivity contribution in [3.05, 3.63) is 30.0 Å². The number of amides is 1. The fourth-order valence-electron chi connectivity index (χ4n) is 3.33. The Labute approximate surface area is 135 Å². The molecule has 2 aliphatic rings. The van der Waals surface area contributed by atoms with Crippen molar-refractivity contribution in [2.75, 3.05) is 44.3 Å². The molecule has 2 fully saturated rings. The summed E-state index contributed by atoms with van der Waals surface area (Å²) in [6.07, 6.45) is 2.37. The molecule has 6 heteroatoms. The van der Waals surface area contributed by atoms with Gasteiger partial charge in [-0.2, -0.15) is 0 Å². The molecule has 0 N–H and O–H groups in total. The highest BCUT2D eigenvalue weighted by atomic mass is 16.5. The van der Waals surface area contributed by atoms with Gasteiger partial charge in [-0.05, 0) is 12.8 Å². The van der Waals surface area contributed by atoms with Gasteiger partial charge in [-0.1, -0.05) is 24.3 Å². The lowest BCUT2D eigenvalue weighted by Crippen LogP contribution is -2.41. The second-order valence-electron chi connectivity index (χ2n) is 6.02. The summed E-state index contributed by atoms with van der Waals surface area (Å²) in [4.78, 5) is 16.9. The minimum Gasteiger partial charge on any atom is -0.378 e. The molecule has 0 unspecified atom stereocenters. The average Bonchev–Trinajstić information content (AvgIpc) is 3.15. The van der Waals surface area contributed by atoms with Gasteiger partial charge in [0.15, 0.2) is 11.5 Å². The summed E-state index contributed by atoms with van der Waals surface area (Å²) < 4.78 is 5.32. The van der Waals surface area contributed by atoms with Gasteiger partial charge in [0.05, 0.1) is 13.2 Å². The number of nitrogens with zero attached hydrogens (tertiary/aromatic N) is 4. The summed E-state index contributed by atoms with van der Waals surface area (Å²) in [6.45, 7) is 4.42. The van der Waals surface area contributed by atoms with Crippen molar-refractivity contribution in [2.24, 2.45) is 0 Å². The fourth-order valence-corrected chi connectivity index (χ4v) is 3.33. The van der Waals surface area contributed by atoms with Crippen molar-refractivity contribution in [1.29, 1.82) is 0 Å². The van der Waals surface area contributed by atoms with E-state index in [4.69, 9.17) is 4.74 Å². The number of hydrogen-bond donors (Lipinski definition) is 0. The van der Waals surface area contributed by atoms with Crippen LogP contribution in [-0.4, -0.2) is 60.4 Å². The van der Waals surface area contributed by atoms with E-state index >= 15 is 0 Å². The zero-order valence-corrected chi connectivity index (χ0v) is 13.1. The summed E-state index contributed by atoms with van der Waals surface area (Å²) >= 11 is 0. The summed E-state index contributed by atoms with van der Waals surface area (Å²) in [5, 5.41) is 10.6. The maximum absolute atomic E-state index is 12.8. The molecule has 2 saturated heterocycles. The number of ether oxygens (including phenoxy) is 1. The monoisotopic (exact) mass is 312 g/mol. The van der Waals surface area contributed by atoms with Crippen LogP contribution in [0.5, 0.6) is 0 Å². The summed E-state index contributed by atoms with van der Waals surface area (Å²) in [6, 6.07) is 7.95. The van der Waals surface area contributed by atoms with E-state index in [-0.39, 0.29) is 5.91 Å². The van der Waals surface area contributed by atoms with E-state index in [1.807, 2.05) is 24.3 Å². The van der Waals surface area contributed by atoms with Crippen LogP contribution in [-0.2, 0) is 4.74 Å². The van der Waals surface area contributed by atoms with Crippen molar-refractivity contribution >= 4 is 22.5 Å². The second kappa shape index (κ2) is 6.12. The number of aromatic nitrogens is 2. The molecule has 1 amide bonds. The molecule has 0 radical (unpaired) electrons. The maximum Gasteiger partial charge on any atom is 0.275 e. The molecular formula is C17H20N4O2. The third kappa shape index (κ3) is 2.63. The zero-order valence-electron chi connectivity index (χ0n) is 13.1. The normalized spacial score (nSPS) is 18.6. The second-order valence-corrected chi connectivity index (χ2v) is 6.02. The Kier molecular flexibility index (Phi) is 3.83. The van der Waals surface area contributed by atoms with E-state index in [9.17, 15) is 4.79 Å². The number of carbonyl (C=O) groups excluding carboxylic acids is 1. The van der Waals surface area contributed by atoms with Crippen LogP contribution in [0.3, 0.4) is 0 Å². The quantitative estimate of drug-likeness (QED) is 0.845. The largest absolute Gasteiger partial charge is 0.378 e. The summed E-state index contributed by atoms with van der Waals surface area (Å²) in [5.41, 5.74) is 0.449. The lowest BCUT2D eigenvalue weighted by Gasteiger charge is -2.27. The van der Waals surface area contributed by atoms with Crippen molar-refractivity contribution < 1.29 is 9.53 Å². The zero-order chi connectivity index (χ0) is 15.6. The molecule has 23 heavy (non-hydrogen) atoms. The number of morpholine rings is 1. The molecule has 0 atom stereocenters. The van der Waals surface area contributed by atoms with Crippen LogP contribution in [0.25, 0.3) is 10.8 Å². The molecule has 120 valence electrons. The van der Waals surface area contributed by atoms with Gasteiger partial charge in [-0.25, -0.2) is 0 Å². The van der Waals surface area contributed by atoms with Gasteiger partial charge in [-0.15, -0.1) is 10.2 Å². The van der Waals surface area contributed by atoms with E-state index in [1.54, 1.807) is 4.90 Å². The van der Waals surface area contributed by atoms with Gasteiger partial charge in [0, 0.05) is 37.0 Å². The van der Waals surface area contributed by atoms with E-state index < -0.39 is 0 Å². The molecule has 0 saturated carbocycles. The minimum atomic E-state index is -0.0510. The Morgan fingerprint density at radius 3 is 2.39 bits per heavy atom. The number of rotatable bonds is 2. The van der Waals surface area contributed by atoms with Gasteiger partial charge in [0.25, 0.3) is 5.91 Å². The lowest BCUT2D eigenvalue weighted by molar-refractivity contribution is 0.0300. The number of carbonyl (C=O) groups is 1. The SMILES string of the molecule is O=C(c1nnc(N2CCCC2)c2ccccc12)N1CCOCC1. The molecule has 1 aromatic carbocycles. The van der Waals surface area contributed by atoms with Crippen molar-refractivity contribution in [2.45, 2.75) is 12.8 Å². The van der Waals surface area contributed by atoms with E-state index in [1.165, 1.54) is 12.8 Å². The van der Waals surface area contributed by atoms with E-state index in [0.717, 1.165) is 29.7 Å². The maximum atomic E-state index is 12.8. The van der Waals surface area contributed by atoms with Crippen LogP contribution in [0.1, 0.15) is 23.3 Å². The Bertz CT molecular complexity index is 722. The summed E-state index contributed by atoms with van der Waals surface area (Å²) in [7, 11) is 0. The van der Waals surface area contributed by atoms with Gasteiger partial charge >= 0.3 is 0 Å². The highest BCUT2D eigenvalue weighted by Crippen LogP contribution is 2.28. The molecular weight excluding hydrogens is 292 g/mol. The first kappa shape index (κ1) is 14.4. The number of fused-ring (bicyclic) bond motifs is 1. The van der Waals surface area contributed by atoms with Crippen molar-refractivity contribution in [3.63, 3.8) is 0 Å². The molecule has 0 aliphatic carbocycles. The molecule has 2 aromatic rings. The molecule has 4 rings (SSSR count). The number of anilines is 1. The van der Waals surface area contributed by atoms with Gasteiger partial charge in [-0.3, -0.25) is 4.79 Å². The topological polar surface area (TPSA) is 58.6 Å². The Hall–Kier alpha value is -2.21. The van der Waals surface area contributed by atoms with Crippen molar-refractivity contribution in [3.8, 4) is 0 Å². The molecule has 1 aromatic heterocycles. The smallest absolute Gasteiger partial charge is 0.275 e. The van der Waals surface area contributed by atoms with Crippen molar-refractivity contribution in [1.82, 2.24) is 15.1 Å². The molecule has 2 aliphatic heterocycles. The lowest BCUT2D eigenvalue weighted by atomic mass is 10.1. The first-order valence-corrected chi connectivity index (χ1v) is 8.22. The van der Waals surface area contributed by atoms with Crippen LogP contribution >= 0.6 is 0 Å². The van der Waals surface area contributed by atoms with Gasteiger partial charge < -0.3 is 14.5 Å². The highest BCUT2D eigenvalue weighted by molar-refractivity contribution is 6.07. The third-order valence-electron chi connectivity index (χ3n) is 4.57. The van der Waals surface area contributed by atoms with Gasteiger partial charge in [0.1, 0.15) is 0 Å². The standard InChI is InChI=1S/C17H20N4O2/c22-17(21-9-11-23-12-10-21)15-13-5-1-2-6-14(13)16(19-18-15)20-7-3-4-8-20/h1-2,5-6H,3-4,7-12H2. The third-order valence-corrected chi connectivity index (χ3v) is 4.57. The Morgan fingerprint density at radius 2 is 1.65 bits per heavy atom. The first-order valence-electron chi connectivity index (χ1n) is 8.22.